The highest BCUT2D eigenvalue weighted by molar-refractivity contribution is 5.96. The topological polar surface area (TPSA) is 46.3 Å². The zero-order chi connectivity index (χ0) is 18.0. The summed E-state index contributed by atoms with van der Waals surface area (Å²) in [5.74, 6) is -0.526. The zero-order valence-electron chi connectivity index (χ0n) is 13.5. The van der Waals surface area contributed by atoms with Crippen LogP contribution in [-0.2, 0) is 6.18 Å². The van der Waals surface area contributed by atoms with Crippen LogP contribution < -0.4 is 5.73 Å². The molecule has 0 unspecified atom stereocenters. The smallest absolute Gasteiger partial charge is 0.338 e. The number of hydrogen-bond acceptors (Lipinski definition) is 2. The fourth-order valence-electron chi connectivity index (χ4n) is 3.44. The molecule has 2 aromatic carbocycles. The number of benzene rings is 2. The van der Waals surface area contributed by atoms with Gasteiger partial charge in [0.2, 0.25) is 0 Å². The van der Waals surface area contributed by atoms with Gasteiger partial charge >= 0.3 is 6.18 Å². The highest BCUT2D eigenvalue weighted by Gasteiger charge is 2.39. The molecule has 0 spiro atoms. The van der Waals surface area contributed by atoms with E-state index in [9.17, 15) is 18.0 Å². The van der Waals surface area contributed by atoms with Crippen LogP contribution >= 0.6 is 0 Å². The van der Waals surface area contributed by atoms with Crippen LogP contribution in [0.3, 0.4) is 0 Å². The Labute approximate surface area is 144 Å². The minimum absolute atomic E-state index is 0.0319. The Hall–Kier alpha value is -2.34. The number of rotatable bonds is 3. The minimum atomic E-state index is -4.56. The lowest BCUT2D eigenvalue weighted by molar-refractivity contribution is -0.138. The lowest BCUT2D eigenvalue weighted by Gasteiger charge is -2.19. The van der Waals surface area contributed by atoms with E-state index in [4.69, 9.17) is 5.73 Å². The normalized spacial score (nSPS) is 20.7. The molecule has 25 heavy (non-hydrogen) atoms. The summed E-state index contributed by atoms with van der Waals surface area (Å²) in [5, 5.41) is 0. The molecule has 0 bridgehead atoms. The van der Waals surface area contributed by atoms with Crippen molar-refractivity contribution in [3.05, 3.63) is 71.3 Å². The van der Waals surface area contributed by atoms with E-state index in [0.29, 0.717) is 19.6 Å². The van der Waals surface area contributed by atoms with Gasteiger partial charge in [-0.3, -0.25) is 4.79 Å². The second-order valence-electron chi connectivity index (χ2n) is 6.27. The van der Waals surface area contributed by atoms with Crippen LogP contribution in [0.15, 0.2) is 54.6 Å². The summed E-state index contributed by atoms with van der Waals surface area (Å²) in [6.45, 7) is 1.11. The lowest BCUT2D eigenvalue weighted by Crippen LogP contribution is -2.31. The second kappa shape index (κ2) is 6.88. The molecule has 1 heterocycles. The Morgan fingerprint density at radius 3 is 2.32 bits per heavy atom. The van der Waals surface area contributed by atoms with E-state index in [1.165, 1.54) is 23.1 Å². The standard InChI is InChI=1S/C19H19F3N2O/c20-19(21,22)17-9-5-4-8-15(17)18(25)24-11-14(10-23)16(12-24)13-6-2-1-3-7-13/h1-9,14,16H,10-12,23H2/t14-,16+/m1/s1. The highest BCUT2D eigenvalue weighted by atomic mass is 19.4. The quantitative estimate of drug-likeness (QED) is 0.922. The van der Waals surface area contributed by atoms with Crippen molar-refractivity contribution in [2.45, 2.75) is 12.1 Å². The number of amides is 1. The molecule has 0 aliphatic carbocycles. The van der Waals surface area contributed by atoms with E-state index in [1.807, 2.05) is 30.3 Å². The van der Waals surface area contributed by atoms with E-state index in [1.54, 1.807) is 0 Å². The molecular formula is C19H19F3N2O. The van der Waals surface area contributed by atoms with Gasteiger partial charge in [-0.1, -0.05) is 42.5 Å². The van der Waals surface area contributed by atoms with Crippen molar-refractivity contribution >= 4 is 5.91 Å². The lowest BCUT2D eigenvalue weighted by atomic mass is 9.89. The Bertz CT molecular complexity index is 746. The summed E-state index contributed by atoms with van der Waals surface area (Å²) < 4.78 is 39.6. The number of hydrogen-bond donors (Lipinski definition) is 1. The van der Waals surface area contributed by atoms with Crippen molar-refractivity contribution in [2.75, 3.05) is 19.6 Å². The van der Waals surface area contributed by atoms with Gasteiger partial charge in [-0.15, -0.1) is 0 Å². The Morgan fingerprint density at radius 1 is 1.04 bits per heavy atom. The van der Waals surface area contributed by atoms with Crippen molar-refractivity contribution in [1.82, 2.24) is 4.90 Å². The van der Waals surface area contributed by atoms with Crippen molar-refractivity contribution in [3.8, 4) is 0 Å². The monoisotopic (exact) mass is 348 g/mol. The Morgan fingerprint density at radius 2 is 1.68 bits per heavy atom. The molecule has 2 aromatic rings. The third kappa shape index (κ3) is 3.54. The van der Waals surface area contributed by atoms with Gasteiger partial charge in [-0.2, -0.15) is 13.2 Å². The predicted molar refractivity (Wildman–Crippen MR) is 89.1 cm³/mol. The van der Waals surface area contributed by atoms with Gasteiger partial charge in [-0.25, -0.2) is 0 Å². The number of alkyl halides is 3. The molecule has 0 aromatic heterocycles. The van der Waals surface area contributed by atoms with E-state index < -0.39 is 17.6 Å². The number of carbonyl (C=O) groups is 1. The van der Waals surface area contributed by atoms with Gasteiger partial charge in [-0.05, 0) is 30.2 Å². The first-order chi connectivity index (χ1) is 11.9. The summed E-state index contributed by atoms with van der Waals surface area (Å²) in [4.78, 5) is 14.2. The molecule has 6 heteroatoms. The fraction of sp³-hybridized carbons (Fsp3) is 0.316. The molecule has 1 aliphatic heterocycles. The van der Waals surface area contributed by atoms with Crippen molar-refractivity contribution in [1.29, 1.82) is 0 Å². The summed E-state index contributed by atoms with van der Waals surface area (Å²) in [5.41, 5.74) is 5.69. The first kappa shape index (κ1) is 17.5. The predicted octanol–water partition coefficient (Wildman–Crippen LogP) is 3.52. The molecule has 0 saturated carbocycles. The maximum Gasteiger partial charge on any atom is 0.417 e. The molecule has 0 radical (unpaired) electrons. The molecule has 2 atom stereocenters. The largest absolute Gasteiger partial charge is 0.417 e. The molecule has 1 amide bonds. The van der Waals surface area contributed by atoms with E-state index in [0.717, 1.165) is 11.6 Å². The zero-order valence-corrected chi connectivity index (χ0v) is 13.5. The highest BCUT2D eigenvalue weighted by Crippen LogP contribution is 2.36. The van der Waals surface area contributed by atoms with Crippen molar-refractivity contribution < 1.29 is 18.0 Å². The molecule has 1 fully saturated rings. The first-order valence-electron chi connectivity index (χ1n) is 8.12. The Kier molecular flexibility index (Phi) is 4.81. The number of nitrogens with two attached hydrogens (primary N) is 1. The summed E-state index contributed by atoms with van der Waals surface area (Å²) >= 11 is 0. The van der Waals surface area contributed by atoms with Crippen LogP contribution in [0.5, 0.6) is 0 Å². The van der Waals surface area contributed by atoms with E-state index in [2.05, 4.69) is 0 Å². The summed E-state index contributed by atoms with van der Waals surface area (Å²) in [6.07, 6.45) is -4.56. The second-order valence-corrected chi connectivity index (χ2v) is 6.27. The minimum Gasteiger partial charge on any atom is -0.338 e. The van der Waals surface area contributed by atoms with Crippen LogP contribution in [-0.4, -0.2) is 30.4 Å². The Balaban J connectivity index is 1.87. The maximum absolute atomic E-state index is 13.2. The van der Waals surface area contributed by atoms with Gasteiger partial charge in [0.1, 0.15) is 0 Å². The molecule has 2 N–H and O–H groups in total. The maximum atomic E-state index is 13.2. The van der Waals surface area contributed by atoms with Gasteiger partial charge in [0.05, 0.1) is 11.1 Å². The molecule has 1 saturated heterocycles. The number of carbonyl (C=O) groups excluding carboxylic acids is 1. The van der Waals surface area contributed by atoms with Gasteiger partial charge in [0.15, 0.2) is 0 Å². The van der Waals surface area contributed by atoms with Crippen molar-refractivity contribution in [2.24, 2.45) is 11.7 Å². The van der Waals surface area contributed by atoms with Crippen LogP contribution in [0.2, 0.25) is 0 Å². The average molecular weight is 348 g/mol. The van der Waals surface area contributed by atoms with E-state index >= 15 is 0 Å². The number of likely N-dealkylation sites (tertiary alicyclic amines) is 1. The molecular weight excluding hydrogens is 329 g/mol. The van der Waals surface area contributed by atoms with Crippen LogP contribution in [0.4, 0.5) is 13.2 Å². The first-order valence-corrected chi connectivity index (χ1v) is 8.12. The third-order valence-electron chi connectivity index (χ3n) is 4.72. The molecule has 132 valence electrons. The van der Waals surface area contributed by atoms with Crippen LogP contribution in [0.1, 0.15) is 27.4 Å². The van der Waals surface area contributed by atoms with Crippen LogP contribution in [0.25, 0.3) is 0 Å². The van der Waals surface area contributed by atoms with Gasteiger partial charge in [0.25, 0.3) is 5.91 Å². The van der Waals surface area contributed by atoms with Gasteiger partial charge < -0.3 is 10.6 Å². The summed E-state index contributed by atoms with van der Waals surface area (Å²) in [7, 11) is 0. The average Bonchev–Trinajstić information content (AvgIpc) is 3.05. The molecule has 3 nitrogen and oxygen atoms in total. The molecule has 1 aliphatic rings. The SMILES string of the molecule is NC[C@@H]1CN(C(=O)c2ccccc2C(F)(F)F)C[C@H]1c1ccccc1. The number of nitrogens with zero attached hydrogens (tertiary/aromatic N) is 1. The fourth-order valence-corrected chi connectivity index (χ4v) is 3.44. The molecule has 3 rings (SSSR count). The third-order valence-corrected chi connectivity index (χ3v) is 4.72. The van der Waals surface area contributed by atoms with Crippen LogP contribution in [0, 0.1) is 5.92 Å². The van der Waals surface area contributed by atoms with E-state index in [-0.39, 0.29) is 17.4 Å². The van der Waals surface area contributed by atoms with Crippen molar-refractivity contribution in [3.63, 3.8) is 0 Å². The van der Waals surface area contributed by atoms with Gasteiger partial charge in [0, 0.05) is 19.0 Å². The number of halogens is 3. The summed E-state index contributed by atoms with van der Waals surface area (Å²) in [6, 6.07) is 14.6.